The van der Waals surface area contributed by atoms with Crippen LogP contribution in [0, 0.1) is 0 Å². The largest absolute Gasteiger partial charge is 0.379 e. The molecule has 1 aromatic carbocycles. The molecule has 0 spiro atoms. The molecular formula is C14H17ClN2O4S. The van der Waals surface area contributed by atoms with E-state index in [9.17, 15) is 13.2 Å². The van der Waals surface area contributed by atoms with Crippen LogP contribution in [0.1, 0.15) is 12.8 Å². The van der Waals surface area contributed by atoms with Crippen LogP contribution in [-0.2, 0) is 19.6 Å². The van der Waals surface area contributed by atoms with E-state index in [0.717, 1.165) is 6.42 Å². The highest BCUT2D eigenvalue weighted by Crippen LogP contribution is 2.31. The molecule has 0 saturated carbocycles. The first-order chi connectivity index (χ1) is 10.5. The molecule has 2 aliphatic rings. The van der Waals surface area contributed by atoms with E-state index in [2.05, 4.69) is 0 Å². The zero-order valence-electron chi connectivity index (χ0n) is 12.0. The van der Waals surface area contributed by atoms with Crippen LogP contribution in [0.5, 0.6) is 0 Å². The molecule has 2 saturated heterocycles. The Hall–Kier alpha value is -1.15. The molecule has 1 aromatic rings. The van der Waals surface area contributed by atoms with Gasteiger partial charge in [-0.05, 0) is 24.6 Å². The Kier molecular flexibility index (Phi) is 4.40. The number of hydrogen-bond donors (Lipinski definition) is 0. The summed E-state index contributed by atoms with van der Waals surface area (Å²) in [6, 6.07) is 4.72. The lowest BCUT2D eigenvalue weighted by atomic mass is 10.3. The van der Waals surface area contributed by atoms with Gasteiger partial charge in [-0.2, -0.15) is 4.31 Å². The molecule has 0 aromatic heterocycles. The van der Waals surface area contributed by atoms with Gasteiger partial charge in [0.05, 0.1) is 18.2 Å². The van der Waals surface area contributed by atoms with Crippen molar-refractivity contribution in [2.75, 3.05) is 37.7 Å². The van der Waals surface area contributed by atoms with E-state index in [1.165, 1.54) is 16.4 Å². The van der Waals surface area contributed by atoms with E-state index in [1.54, 1.807) is 11.0 Å². The summed E-state index contributed by atoms with van der Waals surface area (Å²) in [6.45, 7) is 1.98. The highest BCUT2D eigenvalue weighted by molar-refractivity contribution is 7.89. The third-order valence-electron chi connectivity index (χ3n) is 3.89. The minimum absolute atomic E-state index is 0.0112. The van der Waals surface area contributed by atoms with E-state index >= 15 is 0 Å². The second-order valence-corrected chi connectivity index (χ2v) is 7.59. The maximum atomic E-state index is 12.7. The van der Waals surface area contributed by atoms with Crippen LogP contribution in [0.3, 0.4) is 0 Å². The maximum absolute atomic E-state index is 12.7. The summed E-state index contributed by atoms with van der Waals surface area (Å²) in [6.07, 6.45) is 1.28. The Morgan fingerprint density at radius 3 is 2.50 bits per heavy atom. The van der Waals surface area contributed by atoms with Crippen LogP contribution in [0.4, 0.5) is 5.69 Å². The maximum Gasteiger partial charge on any atom is 0.244 e. The normalized spacial score (nSPS) is 20.6. The monoisotopic (exact) mass is 344 g/mol. The van der Waals surface area contributed by atoms with Gasteiger partial charge in [0, 0.05) is 31.7 Å². The molecular weight excluding hydrogens is 328 g/mol. The Morgan fingerprint density at radius 1 is 1.14 bits per heavy atom. The van der Waals surface area contributed by atoms with Crippen molar-refractivity contribution in [2.24, 2.45) is 0 Å². The van der Waals surface area contributed by atoms with E-state index < -0.39 is 10.0 Å². The smallest absolute Gasteiger partial charge is 0.244 e. The number of amides is 1. The summed E-state index contributed by atoms with van der Waals surface area (Å²) >= 11 is 6.10. The number of carbonyl (C=O) groups excluding carboxylic acids is 1. The van der Waals surface area contributed by atoms with Crippen LogP contribution >= 0.6 is 11.6 Å². The molecule has 2 heterocycles. The summed E-state index contributed by atoms with van der Waals surface area (Å²) in [5, 5.41) is 0.168. The van der Waals surface area contributed by atoms with Crippen molar-refractivity contribution in [1.29, 1.82) is 0 Å². The Labute approximate surface area is 134 Å². The second-order valence-electron chi connectivity index (χ2n) is 5.28. The van der Waals surface area contributed by atoms with Crippen LogP contribution in [-0.4, -0.2) is 51.5 Å². The van der Waals surface area contributed by atoms with Crippen LogP contribution < -0.4 is 4.90 Å². The van der Waals surface area contributed by atoms with Gasteiger partial charge in [-0.25, -0.2) is 8.42 Å². The molecule has 0 atom stereocenters. The molecule has 8 heteroatoms. The van der Waals surface area contributed by atoms with Gasteiger partial charge in [-0.15, -0.1) is 0 Å². The molecule has 2 fully saturated rings. The molecule has 120 valence electrons. The standard InChI is InChI=1S/C14H17ClN2O4S/c15-12-4-3-11(17-5-1-2-14(17)18)10-13(12)22(19,20)16-6-8-21-9-7-16/h3-4,10H,1-2,5-9H2. The summed E-state index contributed by atoms with van der Waals surface area (Å²) in [5.74, 6) is 0.0112. The van der Waals surface area contributed by atoms with Crippen molar-refractivity contribution >= 4 is 33.2 Å². The van der Waals surface area contributed by atoms with E-state index in [1.807, 2.05) is 0 Å². The molecule has 0 N–H and O–H groups in total. The zero-order valence-corrected chi connectivity index (χ0v) is 13.6. The van der Waals surface area contributed by atoms with Crippen molar-refractivity contribution in [3.8, 4) is 0 Å². The molecule has 0 aliphatic carbocycles. The summed E-state index contributed by atoms with van der Waals surface area (Å²) < 4.78 is 32.0. The van der Waals surface area contributed by atoms with E-state index in [4.69, 9.17) is 16.3 Å². The fraction of sp³-hybridized carbons (Fsp3) is 0.500. The SMILES string of the molecule is O=C1CCCN1c1ccc(Cl)c(S(=O)(=O)N2CCOCC2)c1. The molecule has 0 radical (unpaired) electrons. The third kappa shape index (κ3) is 2.86. The van der Waals surface area contributed by atoms with Crippen molar-refractivity contribution in [1.82, 2.24) is 4.31 Å². The van der Waals surface area contributed by atoms with Gasteiger partial charge >= 0.3 is 0 Å². The summed E-state index contributed by atoms with van der Waals surface area (Å²) in [7, 11) is -3.68. The second kappa shape index (κ2) is 6.16. The van der Waals surface area contributed by atoms with Gasteiger partial charge in [0.1, 0.15) is 4.90 Å². The quantitative estimate of drug-likeness (QED) is 0.833. The highest BCUT2D eigenvalue weighted by Gasteiger charge is 2.30. The first-order valence-electron chi connectivity index (χ1n) is 7.18. The van der Waals surface area contributed by atoms with Gasteiger partial charge in [-0.1, -0.05) is 11.6 Å². The Bertz CT molecular complexity index is 686. The van der Waals surface area contributed by atoms with Crippen LogP contribution in [0.2, 0.25) is 5.02 Å². The minimum Gasteiger partial charge on any atom is -0.379 e. The van der Waals surface area contributed by atoms with Crippen LogP contribution in [0.25, 0.3) is 0 Å². The van der Waals surface area contributed by atoms with E-state index in [-0.39, 0.29) is 15.8 Å². The number of halogens is 1. The van der Waals surface area contributed by atoms with E-state index in [0.29, 0.717) is 45.0 Å². The number of morpholine rings is 1. The minimum atomic E-state index is -3.68. The zero-order chi connectivity index (χ0) is 15.7. The number of hydrogen-bond acceptors (Lipinski definition) is 4. The number of anilines is 1. The Balaban J connectivity index is 1.97. The predicted molar refractivity (Wildman–Crippen MR) is 82.6 cm³/mol. The summed E-state index contributed by atoms with van der Waals surface area (Å²) in [5.41, 5.74) is 0.582. The average molecular weight is 345 g/mol. The number of ether oxygens (including phenoxy) is 1. The number of rotatable bonds is 3. The van der Waals surface area contributed by atoms with Crippen molar-refractivity contribution in [3.05, 3.63) is 23.2 Å². The lowest BCUT2D eigenvalue weighted by molar-refractivity contribution is -0.117. The lowest BCUT2D eigenvalue weighted by Gasteiger charge is -2.27. The highest BCUT2D eigenvalue weighted by atomic mass is 35.5. The first kappa shape index (κ1) is 15.7. The molecule has 1 amide bonds. The van der Waals surface area contributed by atoms with Gasteiger partial charge < -0.3 is 9.64 Å². The van der Waals surface area contributed by atoms with Crippen molar-refractivity contribution in [3.63, 3.8) is 0 Å². The van der Waals surface area contributed by atoms with Gasteiger partial charge in [0.15, 0.2) is 0 Å². The fourth-order valence-electron chi connectivity index (χ4n) is 2.70. The molecule has 0 bridgehead atoms. The van der Waals surface area contributed by atoms with Gasteiger partial charge in [-0.3, -0.25) is 4.79 Å². The topological polar surface area (TPSA) is 66.9 Å². The molecule has 3 rings (SSSR count). The predicted octanol–water partition coefficient (Wildman–Crippen LogP) is 1.49. The summed E-state index contributed by atoms with van der Waals surface area (Å²) in [4.78, 5) is 13.5. The van der Waals surface area contributed by atoms with Crippen molar-refractivity contribution < 1.29 is 17.9 Å². The lowest BCUT2D eigenvalue weighted by Crippen LogP contribution is -2.40. The number of carbonyl (C=O) groups is 1. The third-order valence-corrected chi connectivity index (χ3v) is 6.27. The number of sulfonamides is 1. The average Bonchev–Trinajstić information content (AvgIpc) is 2.95. The van der Waals surface area contributed by atoms with Gasteiger partial charge in [0.25, 0.3) is 0 Å². The molecule has 0 unspecified atom stereocenters. The van der Waals surface area contributed by atoms with Gasteiger partial charge in [0.2, 0.25) is 15.9 Å². The Morgan fingerprint density at radius 2 is 1.86 bits per heavy atom. The molecule has 22 heavy (non-hydrogen) atoms. The van der Waals surface area contributed by atoms with Crippen LogP contribution in [0.15, 0.2) is 23.1 Å². The molecule has 6 nitrogen and oxygen atoms in total. The number of nitrogens with zero attached hydrogens (tertiary/aromatic N) is 2. The molecule has 2 aliphatic heterocycles. The van der Waals surface area contributed by atoms with Crippen molar-refractivity contribution in [2.45, 2.75) is 17.7 Å². The fourth-order valence-corrected chi connectivity index (χ4v) is 4.61. The first-order valence-corrected chi connectivity index (χ1v) is 9.00. The number of benzene rings is 1.